The molecule has 1 fully saturated rings. The van der Waals surface area contributed by atoms with Gasteiger partial charge in [0.2, 0.25) is 5.91 Å². The Hall–Kier alpha value is -1.63. The summed E-state index contributed by atoms with van der Waals surface area (Å²) in [6, 6.07) is 0.369. The molecule has 1 aromatic heterocycles. The Morgan fingerprint density at radius 3 is 2.96 bits per heavy atom. The molecular weight excluding hydrogens is 334 g/mol. The van der Waals surface area contributed by atoms with Crippen molar-refractivity contribution < 1.29 is 4.79 Å². The molecule has 25 heavy (non-hydrogen) atoms. The molecule has 2 rings (SSSR count). The second-order valence-corrected chi connectivity index (χ2v) is 7.69. The first-order valence-electron chi connectivity index (χ1n) is 9.21. The molecule has 0 saturated carbocycles. The van der Waals surface area contributed by atoms with Crippen LogP contribution in [0.1, 0.15) is 50.2 Å². The zero-order valence-electron chi connectivity index (χ0n) is 15.9. The van der Waals surface area contributed by atoms with Crippen LogP contribution in [0.4, 0.5) is 0 Å². The molecule has 1 saturated heterocycles. The van der Waals surface area contributed by atoms with Crippen molar-refractivity contribution in [2.24, 2.45) is 4.99 Å². The highest BCUT2D eigenvalue weighted by atomic mass is 32.1. The highest BCUT2D eigenvalue weighted by molar-refractivity contribution is 7.09. The number of amides is 1. The highest BCUT2D eigenvalue weighted by Gasteiger charge is 2.22. The van der Waals surface area contributed by atoms with Gasteiger partial charge in [-0.15, -0.1) is 11.3 Å². The fraction of sp³-hybridized carbons (Fsp3) is 0.722. The largest absolute Gasteiger partial charge is 0.357 e. The molecule has 7 heteroatoms. The van der Waals surface area contributed by atoms with Crippen LogP contribution in [-0.4, -0.2) is 59.4 Å². The highest BCUT2D eigenvalue weighted by Crippen LogP contribution is 2.17. The maximum Gasteiger partial charge on any atom is 0.224 e. The van der Waals surface area contributed by atoms with Gasteiger partial charge < -0.3 is 15.1 Å². The van der Waals surface area contributed by atoms with Gasteiger partial charge in [-0.1, -0.05) is 0 Å². The number of likely N-dealkylation sites (tertiary alicyclic amines) is 1. The molecule has 0 bridgehead atoms. The lowest BCUT2D eigenvalue weighted by atomic mass is 10.0. The van der Waals surface area contributed by atoms with Crippen molar-refractivity contribution in [1.82, 2.24) is 20.1 Å². The summed E-state index contributed by atoms with van der Waals surface area (Å²) in [7, 11) is 2.00. The van der Waals surface area contributed by atoms with Gasteiger partial charge in [0.1, 0.15) is 0 Å². The maximum atomic E-state index is 12.4. The van der Waals surface area contributed by atoms with Crippen LogP contribution < -0.4 is 5.32 Å². The van der Waals surface area contributed by atoms with Gasteiger partial charge in [-0.3, -0.25) is 9.79 Å². The smallest absolute Gasteiger partial charge is 0.224 e. The Morgan fingerprint density at radius 2 is 2.32 bits per heavy atom. The Balaban J connectivity index is 1.88. The minimum absolute atomic E-state index is 0.226. The molecule has 0 radical (unpaired) electrons. The van der Waals surface area contributed by atoms with Crippen LogP contribution in [0.2, 0.25) is 0 Å². The third kappa shape index (κ3) is 5.99. The predicted molar refractivity (Wildman–Crippen MR) is 104 cm³/mol. The summed E-state index contributed by atoms with van der Waals surface area (Å²) in [6.45, 7) is 9.15. The van der Waals surface area contributed by atoms with Crippen LogP contribution in [0.5, 0.6) is 0 Å². The van der Waals surface area contributed by atoms with Gasteiger partial charge in [0.15, 0.2) is 5.96 Å². The number of rotatable bonds is 6. The average Bonchev–Trinajstić information content (AvgIpc) is 2.99. The lowest BCUT2D eigenvalue weighted by molar-refractivity contribution is -0.134. The van der Waals surface area contributed by atoms with Gasteiger partial charge in [-0.2, -0.15) is 0 Å². The number of hydrogen-bond donors (Lipinski definition) is 1. The number of carbonyl (C=O) groups excluding carboxylic acids is 1. The summed E-state index contributed by atoms with van der Waals surface area (Å²) in [5.41, 5.74) is 1.05. The summed E-state index contributed by atoms with van der Waals surface area (Å²) < 4.78 is 0. The van der Waals surface area contributed by atoms with Crippen LogP contribution >= 0.6 is 11.3 Å². The summed E-state index contributed by atoms with van der Waals surface area (Å²) >= 11 is 1.66. The third-order valence-corrected chi connectivity index (χ3v) is 5.30. The zero-order valence-corrected chi connectivity index (χ0v) is 16.7. The van der Waals surface area contributed by atoms with Crippen molar-refractivity contribution in [3.63, 3.8) is 0 Å². The molecule has 6 nitrogen and oxygen atoms in total. The fourth-order valence-electron chi connectivity index (χ4n) is 3.14. The van der Waals surface area contributed by atoms with E-state index in [9.17, 15) is 4.79 Å². The number of carbonyl (C=O) groups is 1. The molecule has 140 valence electrons. The molecule has 1 aromatic rings. The van der Waals surface area contributed by atoms with Crippen LogP contribution in [0, 0.1) is 6.92 Å². The maximum absolute atomic E-state index is 12.4. The number of guanidine groups is 1. The molecule has 1 aliphatic rings. The number of thiazole rings is 1. The monoisotopic (exact) mass is 365 g/mol. The van der Waals surface area contributed by atoms with E-state index < -0.39 is 0 Å². The van der Waals surface area contributed by atoms with Crippen molar-refractivity contribution in [3.05, 3.63) is 16.1 Å². The molecule has 0 aromatic carbocycles. The van der Waals surface area contributed by atoms with Gasteiger partial charge in [-0.25, -0.2) is 4.98 Å². The van der Waals surface area contributed by atoms with E-state index in [-0.39, 0.29) is 5.91 Å². The van der Waals surface area contributed by atoms with E-state index in [4.69, 9.17) is 0 Å². The minimum Gasteiger partial charge on any atom is -0.357 e. The lowest BCUT2D eigenvalue weighted by Crippen LogP contribution is -2.42. The van der Waals surface area contributed by atoms with E-state index in [1.165, 1.54) is 6.42 Å². The van der Waals surface area contributed by atoms with Gasteiger partial charge in [0.05, 0.1) is 23.8 Å². The third-order valence-electron chi connectivity index (χ3n) is 4.47. The summed E-state index contributed by atoms with van der Waals surface area (Å²) in [5, 5.41) is 6.45. The summed E-state index contributed by atoms with van der Waals surface area (Å²) in [5.74, 6) is 1.05. The Labute approximate surface area is 155 Å². The molecule has 1 unspecified atom stereocenters. The van der Waals surface area contributed by atoms with Gasteiger partial charge >= 0.3 is 0 Å². The summed E-state index contributed by atoms with van der Waals surface area (Å²) in [4.78, 5) is 25.6. The van der Waals surface area contributed by atoms with Crippen LogP contribution in [0.25, 0.3) is 0 Å². The number of hydrogen-bond acceptors (Lipinski definition) is 4. The van der Waals surface area contributed by atoms with E-state index >= 15 is 0 Å². The van der Waals surface area contributed by atoms with Gasteiger partial charge in [-0.05, 0) is 40.0 Å². The Kier molecular flexibility index (Phi) is 7.68. The Morgan fingerprint density at radius 1 is 1.52 bits per heavy atom. The molecule has 2 heterocycles. The van der Waals surface area contributed by atoms with E-state index in [0.29, 0.717) is 25.6 Å². The normalized spacial score (nSPS) is 18.3. The number of aliphatic imine (C=N–C) groups is 1. The van der Waals surface area contributed by atoms with E-state index in [0.717, 1.165) is 42.6 Å². The average molecular weight is 366 g/mol. The second kappa shape index (κ2) is 9.75. The Bertz CT molecular complexity index is 586. The second-order valence-electron chi connectivity index (χ2n) is 6.63. The number of aryl methyl sites for hydroxylation is 1. The lowest BCUT2D eigenvalue weighted by Gasteiger charge is -2.33. The minimum atomic E-state index is 0.226. The SMILES string of the molecule is CCNC(=NCCC(=O)N1CCCCC1C)N(C)Cc1csc(C)n1. The topological polar surface area (TPSA) is 60.8 Å². The van der Waals surface area contributed by atoms with Crippen molar-refractivity contribution in [2.45, 2.75) is 59.0 Å². The van der Waals surface area contributed by atoms with E-state index in [1.54, 1.807) is 11.3 Å². The van der Waals surface area contributed by atoms with Crippen LogP contribution in [-0.2, 0) is 11.3 Å². The molecular formula is C18H31N5OS. The van der Waals surface area contributed by atoms with Crippen molar-refractivity contribution >= 4 is 23.2 Å². The van der Waals surface area contributed by atoms with E-state index in [2.05, 4.69) is 39.4 Å². The summed E-state index contributed by atoms with van der Waals surface area (Å²) in [6.07, 6.45) is 3.95. The van der Waals surface area contributed by atoms with E-state index in [1.807, 2.05) is 18.9 Å². The standard InChI is InChI=1S/C18H31N5OS/c1-5-19-18(22(4)12-16-13-25-15(3)21-16)20-10-9-17(24)23-11-7-6-8-14(23)2/h13-14H,5-12H2,1-4H3,(H,19,20). The zero-order chi connectivity index (χ0) is 18.2. The first-order valence-corrected chi connectivity index (χ1v) is 10.1. The predicted octanol–water partition coefficient (Wildman–Crippen LogP) is 2.64. The molecule has 1 atom stereocenters. The molecule has 1 N–H and O–H groups in total. The first-order chi connectivity index (χ1) is 12.0. The van der Waals surface area contributed by atoms with Crippen molar-refractivity contribution in [3.8, 4) is 0 Å². The molecule has 0 spiro atoms. The van der Waals surface area contributed by atoms with Gasteiger partial charge in [0.25, 0.3) is 0 Å². The number of nitrogens with zero attached hydrogens (tertiary/aromatic N) is 4. The van der Waals surface area contributed by atoms with Crippen LogP contribution in [0.3, 0.4) is 0 Å². The molecule has 1 amide bonds. The van der Waals surface area contributed by atoms with Crippen molar-refractivity contribution in [2.75, 3.05) is 26.7 Å². The van der Waals surface area contributed by atoms with Crippen molar-refractivity contribution in [1.29, 1.82) is 0 Å². The quantitative estimate of drug-likeness (QED) is 0.622. The number of piperidine rings is 1. The molecule has 0 aliphatic carbocycles. The fourth-order valence-corrected chi connectivity index (χ4v) is 3.74. The number of nitrogens with one attached hydrogen (secondary N) is 1. The molecule has 1 aliphatic heterocycles. The van der Waals surface area contributed by atoms with Gasteiger partial charge in [0, 0.05) is 38.0 Å². The van der Waals surface area contributed by atoms with Crippen LogP contribution in [0.15, 0.2) is 10.4 Å². The number of aromatic nitrogens is 1. The first kappa shape index (κ1) is 19.7.